The highest BCUT2D eigenvalue weighted by Gasteiger charge is 2.37. The van der Waals surface area contributed by atoms with E-state index in [0.717, 1.165) is 28.7 Å². The van der Waals surface area contributed by atoms with Crippen molar-refractivity contribution < 1.29 is 0 Å². The average Bonchev–Trinajstić information content (AvgIpc) is 3.30. The summed E-state index contributed by atoms with van der Waals surface area (Å²) in [4.78, 5) is 8.91. The Morgan fingerprint density at radius 2 is 2.04 bits per heavy atom. The maximum Gasteiger partial charge on any atom is 0.143 e. The summed E-state index contributed by atoms with van der Waals surface area (Å²) in [7, 11) is 2.01. The molecule has 5 heteroatoms. The summed E-state index contributed by atoms with van der Waals surface area (Å²) >= 11 is 0. The Labute approximate surface area is 142 Å². The first kappa shape index (κ1) is 15.4. The van der Waals surface area contributed by atoms with E-state index >= 15 is 0 Å². The van der Waals surface area contributed by atoms with Gasteiger partial charge in [-0.2, -0.15) is 5.10 Å². The third-order valence-corrected chi connectivity index (χ3v) is 5.79. The van der Waals surface area contributed by atoms with Gasteiger partial charge in [-0.25, -0.2) is 9.97 Å². The second kappa shape index (κ2) is 5.72. The van der Waals surface area contributed by atoms with Gasteiger partial charge in [0.25, 0.3) is 0 Å². The predicted molar refractivity (Wildman–Crippen MR) is 95.6 cm³/mol. The van der Waals surface area contributed by atoms with Gasteiger partial charge in [0.05, 0.1) is 17.9 Å². The van der Waals surface area contributed by atoms with Crippen LogP contribution in [0.4, 0.5) is 0 Å². The van der Waals surface area contributed by atoms with Crippen LogP contribution in [-0.2, 0) is 7.05 Å². The van der Waals surface area contributed by atoms with Crippen LogP contribution in [0, 0.1) is 5.41 Å². The minimum absolute atomic E-state index is 0.367. The Hall–Kier alpha value is -2.17. The number of nitrogens with zero attached hydrogens (tertiary/aromatic N) is 5. The van der Waals surface area contributed by atoms with E-state index in [-0.39, 0.29) is 0 Å². The Kier molecular flexibility index (Phi) is 3.66. The SMILES string of the molecule is CCC(n1cc(-c2ncnc3c2ccn3C)cn1)C1(C)CCCC1. The van der Waals surface area contributed by atoms with Gasteiger partial charge in [-0.1, -0.05) is 26.7 Å². The molecule has 1 aliphatic rings. The summed E-state index contributed by atoms with van der Waals surface area (Å²) in [5, 5.41) is 5.80. The van der Waals surface area contributed by atoms with E-state index in [0.29, 0.717) is 11.5 Å². The van der Waals surface area contributed by atoms with Crippen molar-refractivity contribution in [2.45, 2.75) is 52.0 Å². The van der Waals surface area contributed by atoms with Crippen LogP contribution < -0.4 is 0 Å². The largest absolute Gasteiger partial charge is 0.335 e. The highest BCUT2D eigenvalue weighted by atomic mass is 15.3. The molecule has 0 aromatic carbocycles. The van der Waals surface area contributed by atoms with Gasteiger partial charge in [-0.05, 0) is 30.7 Å². The molecule has 0 saturated heterocycles. The maximum atomic E-state index is 4.72. The van der Waals surface area contributed by atoms with Crippen LogP contribution in [0.3, 0.4) is 0 Å². The van der Waals surface area contributed by atoms with Gasteiger partial charge in [0.1, 0.15) is 12.0 Å². The highest BCUT2D eigenvalue weighted by Crippen LogP contribution is 2.47. The van der Waals surface area contributed by atoms with Crippen LogP contribution in [0.5, 0.6) is 0 Å². The van der Waals surface area contributed by atoms with E-state index in [1.807, 2.05) is 24.0 Å². The van der Waals surface area contributed by atoms with Gasteiger partial charge < -0.3 is 4.57 Å². The van der Waals surface area contributed by atoms with E-state index in [2.05, 4.69) is 40.8 Å². The highest BCUT2D eigenvalue weighted by molar-refractivity contribution is 5.90. The number of rotatable bonds is 4. The maximum absolute atomic E-state index is 4.72. The molecule has 126 valence electrons. The van der Waals surface area contributed by atoms with Gasteiger partial charge in [-0.3, -0.25) is 4.68 Å². The summed E-state index contributed by atoms with van der Waals surface area (Å²) in [5.41, 5.74) is 3.38. The molecule has 0 N–H and O–H groups in total. The van der Waals surface area contributed by atoms with Crippen molar-refractivity contribution in [1.82, 2.24) is 24.3 Å². The molecule has 1 unspecified atom stereocenters. The second-order valence-corrected chi connectivity index (χ2v) is 7.38. The molecule has 0 spiro atoms. The molecule has 0 radical (unpaired) electrons. The lowest BCUT2D eigenvalue weighted by molar-refractivity contribution is 0.177. The minimum Gasteiger partial charge on any atom is -0.335 e. The number of hydrogen-bond donors (Lipinski definition) is 0. The fraction of sp³-hybridized carbons (Fsp3) is 0.526. The standard InChI is InChI=1S/C19H25N5/c1-4-16(19(2)8-5-6-9-19)24-12-14(11-22-24)17-15-7-10-23(3)18(15)21-13-20-17/h7,10-13,16H,4-6,8-9H2,1-3H3. The molecule has 1 fully saturated rings. The topological polar surface area (TPSA) is 48.5 Å². The first-order valence-corrected chi connectivity index (χ1v) is 8.93. The fourth-order valence-electron chi connectivity index (χ4n) is 4.45. The van der Waals surface area contributed by atoms with Crippen LogP contribution in [0.15, 0.2) is 31.0 Å². The first-order chi connectivity index (χ1) is 11.6. The molecule has 0 bridgehead atoms. The van der Waals surface area contributed by atoms with Gasteiger partial charge in [0.2, 0.25) is 0 Å². The molecule has 3 heterocycles. The average molecular weight is 323 g/mol. The number of aryl methyl sites for hydroxylation is 1. The van der Waals surface area contributed by atoms with Gasteiger partial charge >= 0.3 is 0 Å². The van der Waals surface area contributed by atoms with Gasteiger partial charge in [0.15, 0.2) is 0 Å². The Morgan fingerprint density at radius 1 is 1.25 bits per heavy atom. The van der Waals surface area contributed by atoms with Crippen LogP contribution >= 0.6 is 0 Å². The Balaban J connectivity index is 1.74. The van der Waals surface area contributed by atoms with E-state index in [1.165, 1.54) is 25.7 Å². The van der Waals surface area contributed by atoms with Crippen LogP contribution in [0.2, 0.25) is 0 Å². The zero-order chi connectivity index (χ0) is 16.7. The number of fused-ring (bicyclic) bond motifs is 1. The van der Waals surface area contributed by atoms with Crippen LogP contribution in [0.25, 0.3) is 22.3 Å². The Morgan fingerprint density at radius 3 is 2.79 bits per heavy atom. The lowest BCUT2D eigenvalue weighted by Crippen LogP contribution is -2.27. The quantitative estimate of drug-likeness (QED) is 0.716. The number of aromatic nitrogens is 5. The second-order valence-electron chi connectivity index (χ2n) is 7.38. The molecule has 0 amide bonds. The van der Waals surface area contributed by atoms with Crippen molar-refractivity contribution in [2.75, 3.05) is 0 Å². The molecule has 5 nitrogen and oxygen atoms in total. The molecular formula is C19H25N5. The van der Waals surface area contributed by atoms with E-state index in [9.17, 15) is 0 Å². The van der Waals surface area contributed by atoms with Crippen molar-refractivity contribution in [3.05, 3.63) is 31.0 Å². The van der Waals surface area contributed by atoms with Crippen molar-refractivity contribution in [2.24, 2.45) is 12.5 Å². The first-order valence-electron chi connectivity index (χ1n) is 8.93. The van der Waals surface area contributed by atoms with Crippen LogP contribution in [-0.4, -0.2) is 24.3 Å². The molecule has 1 atom stereocenters. The van der Waals surface area contributed by atoms with Gasteiger partial charge in [-0.15, -0.1) is 0 Å². The monoisotopic (exact) mass is 323 g/mol. The fourth-order valence-corrected chi connectivity index (χ4v) is 4.45. The molecule has 4 rings (SSSR count). The minimum atomic E-state index is 0.367. The van der Waals surface area contributed by atoms with Gasteiger partial charge in [0, 0.05) is 30.4 Å². The lowest BCUT2D eigenvalue weighted by Gasteiger charge is -2.33. The van der Waals surface area contributed by atoms with E-state index in [4.69, 9.17) is 5.10 Å². The third-order valence-electron chi connectivity index (χ3n) is 5.79. The van der Waals surface area contributed by atoms with Crippen molar-refractivity contribution in [3.8, 4) is 11.3 Å². The van der Waals surface area contributed by atoms with Crippen LogP contribution in [0.1, 0.15) is 52.0 Å². The normalized spacial score (nSPS) is 18.3. The summed E-state index contributed by atoms with van der Waals surface area (Å²) < 4.78 is 4.21. The zero-order valence-corrected chi connectivity index (χ0v) is 14.7. The number of hydrogen-bond acceptors (Lipinski definition) is 3. The third kappa shape index (κ3) is 2.34. The zero-order valence-electron chi connectivity index (χ0n) is 14.7. The van der Waals surface area contributed by atoms with E-state index < -0.39 is 0 Å². The molecule has 3 aromatic heterocycles. The lowest BCUT2D eigenvalue weighted by atomic mass is 9.79. The summed E-state index contributed by atoms with van der Waals surface area (Å²) in [6.07, 6.45) is 14.2. The smallest absolute Gasteiger partial charge is 0.143 e. The van der Waals surface area contributed by atoms with Crippen molar-refractivity contribution in [1.29, 1.82) is 0 Å². The Bertz CT molecular complexity index is 854. The molecule has 1 aliphatic carbocycles. The summed E-state index contributed by atoms with van der Waals surface area (Å²) in [6.45, 7) is 4.70. The predicted octanol–water partition coefficient (Wildman–Crippen LogP) is 4.36. The molecule has 24 heavy (non-hydrogen) atoms. The molecule has 0 aliphatic heterocycles. The van der Waals surface area contributed by atoms with E-state index in [1.54, 1.807) is 6.33 Å². The molecular weight excluding hydrogens is 298 g/mol. The van der Waals surface area contributed by atoms with Crippen molar-refractivity contribution >= 4 is 11.0 Å². The molecule has 1 saturated carbocycles. The van der Waals surface area contributed by atoms with Crippen molar-refractivity contribution in [3.63, 3.8) is 0 Å². The summed E-state index contributed by atoms with van der Waals surface area (Å²) in [5.74, 6) is 0. The summed E-state index contributed by atoms with van der Waals surface area (Å²) in [6, 6.07) is 2.54. The molecule has 3 aromatic rings.